The second kappa shape index (κ2) is 5.56. The summed E-state index contributed by atoms with van der Waals surface area (Å²) in [6.07, 6.45) is 1.32. The average Bonchev–Trinajstić information content (AvgIpc) is 2.38. The van der Waals surface area contributed by atoms with Crippen LogP contribution < -0.4 is 15.2 Å². The molecule has 6 nitrogen and oxygen atoms in total. The number of sulfonamides is 1. The number of aromatic nitrogens is 1. The predicted octanol–water partition coefficient (Wildman–Crippen LogP) is 2.13. The van der Waals surface area contributed by atoms with Gasteiger partial charge in [0.15, 0.2) is 0 Å². The number of halogens is 1. The molecule has 0 saturated carbocycles. The number of nitrogens with two attached hydrogens (primary N) is 1. The Labute approximate surface area is 121 Å². The molecule has 0 fully saturated rings. The Balaban J connectivity index is 2.40. The van der Waals surface area contributed by atoms with Crippen molar-refractivity contribution in [1.82, 2.24) is 4.98 Å². The van der Waals surface area contributed by atoms with E-state index in [0.717, 1.165) is 0 Å². The van der Waals surface area contributed by atoms with Gasteiger partial charge in [0, 0.05) is 17.3 Å². The quantitative estimate of drug-likeness (QED) is 0.901. The van der Waals surface area contributed by atoms with Crippen LogP contribution in [0.2, 0.25) is 5.02 Å². The first-order valence-electron chi connectivity index (χ1n) is 5.50. The zero-order valence-electron chi connectivity index (χ0n) is 10.5. The highest BCUT2D eigenvalue weighted by atomic mass is 35.5. The maximum absolute atomic E-state index is 12.2. The summed E-state index contributed by atoms with van der Waals surface area (Å²) in [5, 5.41) is 0.387. The van der Waals surface area contributed by atoms with E-state index in [1.807, 2.05) is 0 Å². The van der Waals surface area contributed by atoms with E-state index in [2.05, 4.69) is 9.71 Å². The molecule has 0 unspecified atom stereocenters. The minimum Gasteiger partial charge on any atom is -0.495 e. The molecule has 3 N–H and O–H groups in total. The highest BCUT2D eigenvalue weighted by Gasteiger charge is 2.17. The fraction of sp³-hybridized carbons (Fsp3) is 0.0833. The zero-order valence-corrected chi connectivity index (χ0v) is 12.1. The summed E-state index contributed by atoms with van der Waals surface area (Å²) in [5.41, 5.74) is 5.73. The van der Waals surface area contributed by atoms with Crippen molar-refractivity contribution < 1.29 is 13.2 Å². The fourth-order valence-corrected chi connectivity index (χ4v) is 2.81. The van der Waals surface area contributed by atoms with E-state index in [9.17, 15) is 8.42 Å². The Morgan fingerprint density at radius 3 is 2.70 bits per heavy atom. The van der Waals surface area contributed by atoms with Crippen molar-refractivity contribution in [1.29, 1.82) is 0 Å². The van der Waals surface area contributed by atoms with Gasteiger partial charge in [-0.05, 0) is 24.3 Å². The minimum absolute atomic E-state index is 0.00651. The Kier molecular flexibility index (Phi) is 4.01. The molecule has 0 saturated heterocycles. The molecule has 0 aliphatic carbocycles. The van der Waals surface area contributed by atoms with E-state index >= 15 is 0 Å². The molecule has 20 heavy (non-hydrogen) atoms. The van der Waals surface area contributed by atoms with E-state index in [1.165, 1.54) is 31.5 Å². The third-order valence-electron chi connectivity index (χ3n) is 2.47. The number of nitrogens with one attached hydrogen (secondary N) is 1. The standard InChI is InChI=1S/C12H12ClN3O3S/c1-19-11-3-2-8(13)6-10(11)16-20(17,18)9-4-5-15-12(14)7-9/h2-7,16H,1H3,(H2,14,15). The lowest BCUT2D eigenvalue weighted by molar-refractivity contribution is 0.417. The fourth-order valence-electron chi connectivity index (χ4n) is 1.56. The number of benzene rings is 1. The molecule has 0 bridgehead atoms. The highest BCUT2D eigenvalue weighted by molar-refractivity contribution is 7.92. The second-order valence-electron chi connectivity index (χ2n) is 3.87. The van der Waals surface area contributed by atoms with Gasteiger partial charge in [0.2, 0.25) is 0 Å². The van der Waals surface area contributed by atoms with Gasteiger partial charge in [0.25, 0.3) is 10.0 Å². The van der Waals surface area contributed by atoms with Crippen molar-refractivity contribution in [2.75, 3.05) is 17.6 Å². The van der Waals surface area contributed by atoms with Gasteiger partial charge < -0.3 is 10.5 Å². The molecule has 1 aromatic heterocycles. The number of nitrogen functional groups attached to an aromatic ring is 1. The van der Waals surface area contributed by atoms with Crippen LogP contribution in [0.3, 0.4) is 0 Å². The maximum atomic E-state index is 12.2. The number of hydrogen-bond acceptors (Lipinski definition) is 5. The topological polar surface area (TPSA) is 94.3 Å². The van der Waals surface area contributed by atoms with Crippen molar-refractivity contribution in [3.05, 3.63) is 41.6 Å². The predicted molar refractivity (Wildman–Crippen MR) is 77.5 cm³/mol. The summed E-state index contributed by atoms with van der Waals surface area (Å²) >= 11 is 5.85. The molecule has 0 aliphatic rings. The third-order valence-corrected chi connectivity index (χ3v) is 4.07. The molecule has 8 heteroatoms. The van der Waals surface area contributed by atoms with E-state index in [0.29, 0.717) is 10.8 Å². The Hall–Kier alpha value is -1.99. The van der Waals surface area contributed by atoms with Crippen molar-refractivity contribution in [2.24, 2.45) is 0 Å². The van der Waals surface area contributed by atoms with E-state index in [4.69, 9.17) is 22.1 Å². The van der Waals surface area contributed by atoms with Crippen molar-refractivity contribution in [2.45, 2.75) is 4.90 Å². The molecule has 0 amide bonds. The van der Waals surface area contributed by atoms with Crippen molar-refractivity contribution >= 4 is 33.1 Å². The molecule has 0 atom stereocenters. The molecular weight excluding hydrogens is 302 g/mol. The molecule has 0 radical (unpaired) electrons. The summed E-state index contributed by atoms with van der Waals surface area (Å²) in [5.74, 6) is 0.478. The third kappa shape index (κ3) is 3.12. The number of ether oxygens (including phenoxy) is 1. The maximum Gasteiger partial charge on any atom is 0.262 e. The molecular formula is C12H12ClN3O3S. The van der Waals surface area contributed by atoms with Gasteiger partial charge in [-0.15, -0.1) is 0 Å². The Morgan fingerprint density at radius 1 is 1.30 bits per heavy atom. The number of hydrogen-bond donors (Lipinski definition) is 2. The summed E-state index contributed by atoms with van der Waals surface area (Å²) in [6.45, 7) is 0. The van der Waals surface area contributed by atoms with Crippen LogP contribution in [0.4, 0.5) is 11.5 Å². The summed E-state index contributed by atoms with van der Waals surface area (Å²) < 4.78 is 32.0. The first kappa shape index (κ1) is 14.4. The van der Waals surface area contributed by atoms with E-state index in [1.54, 1.807) is 12.1 Å². The lowest BCUT2D eigenvalue weighted by Crippen LogP contribution is -2.14. The second-order valence-corrected chi connectivity index (χ2v) is 5.99. The van der Waals surface area contributed by atoms with Gasteiger partial charge in [0.05, 0.1) is 17.7 Å². The van der Waals surface area contributed by atoms with Gasteiger partial charge >= 0.3 is 0 Å². The minimum atomic E-state index is -3.79. The zero-order chi connectivity index (χ0) is 14.8. The lowest BCUT2D eigenvalue weighted by atomic mass is 10.3. The molecule has 1 heterocycles. The molecule has 2 aromatic rings. The van der Waals surface area contributed by atoms with E-state index in [-0.39, 0.29) is 16.4 Å². The van der Waals surface area contributed by atoms with Gasteiger partial charge in [-0.25, -0.2) is 13.4 Å². The van der Waals surface area contributed by atoms with Gasteiger partial charge in [-0.1, -0.05) is 11.6 Å². The van der Waals surface area contributed by atoms with Crippen molar-refractivity contribution in [3.8, 4) is 5.75 Å². The Morgan fingerprint density at radius 2 is 2.05 bits per heavy atom. The summed E-state index contributed by atoms with van der Waals surface area (Å²) in [4.78, 5) is 3.75. The van der Waals surface area contributed by atoms with Gasteiger partial charge in [0.1, 0.15) is 11.6 Å². The normalized spacial score (nSPS) is 11.1. The number of pyridine rings is 1. The molecule has 0 aliphatic heterocycles. The highest BCUT2D eigenvalue weighted by Crippen LogP contribution is 2.29. The van der Waals surface area contributed by atoms with Crippen LogP contribution >= 0.6 is 11.6 Å². The first-order valence-corrected chi connectivity index (χ1v) is 7.36. The van der Waals surface area contributed by atoms with Crippen LogP contribution in [-0.4, -0.2) is 20.5 Å². The van der Waals surface area contributed by atoms with Crippen LogP contribution in [-0.2, 0) is 10.0 Å². The van der Waals surface area contributed by atoms with Crippen LogP contribution in [0.15, 0.2) is 41.4 Å². The average molecular weight is 314 g/mol. The number of anilines is 2. The molecule has 0 spiro atoms. The number of methoxy groups -OCH3 is 1. The Bertz CT molecular complexity index is 734. The van der Waals surface area contributed by atoms with Crippen LogP contribution in [0, 0.1) is 0 Å². The largest absolute Gasteiger partial charge is 0.495 e. The monoisotopic (exact) mass is 313 g/mol. The molecule has 2 rings (SSSR count). The van der Waals surface area contributed by atoms with Crippen molar-refractivity contribution in [3.63, 3.8) is 0 Å². The number of rotatable bonds is 4. The lowest BCUT2D eigenvalue weighted by Gasteiger charge is -2.12. The number of nitrogens with zero attached hydrogens (tertiary/aromatic N) is 1. The van der Waals surface area contributed by atoms with E-state index < -0.39 is 10.0 Å². The first-order chi connectivity index (χ1) is 9.42. The summed E-state index contributed by atoms with van der Waals surface area (Å²) in [6, 6.07) is 7.24. The van der Waals surface area contributed by atoms with Crippen LogP contribution in [0.25, 0.3) is 0 Å². The molecule has 1 aromatic carbocycles. The smallest absolute Gasteiger partial charge is 0.262 e. The SMILES string of the molecule is COc1ccc(Cl)cc1NS(=O)(=O)c1ccnc(N)c1. The van der Waals surface area contributed by atoms with Crippen LogP contribution in [0.1, 0.15) is 0 Å². The molecule has 106 valence electrons. The van der Waals surface area contributed by atoms with Gasteiger partial charge in [-0.2, -0.15) is 0 Å². The van der Waals surface area contributed by atoms with Crippen LogP contribution in [0.5, 0.6) is 5.75 Å². The van der Waals surface area contributed by atoms with Gasteiger partial charge in [-0.3, -0.25) is 4.72 Å². The summed E-state index contributed by atoms with van der Waals surface area (Å²) in [7, 11) is -2.36.